The van der Waals surface area contributed by atoms with Crippen molar-refractivity contribution in [2.45, 2.75) is 18.8 Å². The van der Waals surface area contributed by atoms with E-state index in [1.54, 1.807) is 0 Å². The SMILES string of the molecule is O=C1CC(c2noc(Cc3c[nH]c4ccccc34)n2)CN1c1cc(F)ccc1F. The molecule has 1 unspecified atom stereocenters. The van der Waals surface area contributed by atoms with Crippen LogP contribution in [-0.4, -0.2) is 27.6 Å². The van der Waals surface area contributed by atoms with Gasteiger partial charge in [0.05, 0.1) is 12.1 Å². The van der Waals surface area contributed by atoms with Gasteiger partial charge in [0.15, 0.2) is 5.82 Å². The van der Waals surface area contributed by atoms with E-state index in [0.29, 0.717) is 18.1 Å². The maximum atomic E-state index is 14.1. The first-order chi connectivity index (χ1) is 14.1. The Morgan fingerprint density at radius 1 is 1.21 bits per heavy atom. The zero-order valence-electron chi connectivity index (χ0n) is 15.2. The number of nitrogens with one attached hydrogen (secondary N) is 1. The minimum absolute atomic E-state index is 0.0694. The Balaban J connectivity index is 1.36. The summed E-state index contributed by atoms with van der Waals surface area (Å²) in [5.74, 6) is -1.06. The van der Waals surface area contributed by atoms with Crippen LogP contribution in [0.3, 0.4) is 0 Å². The average molecular weight is 394 g/mol. The van der Waals surface area contributed by atoms with Crippen LogP contribution in [0.4, 0.5) is 14.5 Å². The van der Waals surface area contributed by atoms with Crippen LogP contribution in [0.25, 0.3) is 10.9 Å². The van der Waals surface area contributed by atoms with Crippen molar-refractivity contribution in [2.24, 2.45) is 0 Å². The molecule has 6 nitrogen and oxygen atoms in total. The van der Waals surface area contributed by atoms with Gasteiger partial charge >= 0.3 is 0 Å². The van der Waals surface area contributed by atoms with Gasteiger partial charge in [-0.15, -0.1) is 0 Å². The molecule has 3 heterocycles. The summed E-state index contributed by atoms with van der Waals surface area (Å²) in [5.41, 5.74) is 1.98. The van der Waals surface area contributed by atoms with E-state index in [-0.39, 0.29) is 30.5 Å². The first kappa shape index (κ1) is 17.5. The molecular formula is C21H16F2N4O2. The highest BCUT2D eigenvalue weighted by Crippen LogP contribution is 2.32. The Morgan fingerprint density at radius 3 is 2.97 bits per heavy atom. The lowest BCUT2D eigenvalue weighted by molar-refractivity contribution is -0.117. The van der Waals surface area contributed by atoms with Crippen molar-refractivity contribution in [1.29, 1.82) is 0 Å². The van der Waals surface area contributed by atoms with Gasteiger partial charge in [-0.05, 0) is 23.8 Å². The lowest BCUT2D eigenvalue weighted by Gasteiger charge is -2.16. The van der Waals surface area contributed by atoms with Crippen molar-refractivity contribution in [3.8, 4) is 0 Å². The highest BCUT2D eigenvalue weighted by Gasteiger charge is 2.35. The van der Waals surface area contributed by atoms with Crippen molar-refractivity contribution in [3.63, 3.8) is 0 Å². The van der Waals surface area contributed by atoms with E-state index in [1.165, 1.54) is 4.90 Å². The van der Waals surface area contributed by atoms with Crippen LogP contribution in [-0.2, 0) is 11.2 Å². The molecule has 1 aliphatic heterocycles. The number of H-pyrrole nitrogens is 1. The zero-order chi connectivity index (χ0) is 20.0. The number of nitrogens with zero attached hydrogens (tertiary/aromatic N) is 3. The van der Waals surface area contributed by atoms with E-state index >= 15 is 0 Å². The molecule has 29 heavy (non-hydrogen) atoms. The molecule has 1 N–H and O–H groups in total. The fourth-order valence-electron chi connectivity index (χ4n) is 3.75. The van der Waals surface area contributed by atoms with E-state index in [4.69, 9.17) is 4.52 Å². The number of fused-ring (bicyclic) bond motifs is 1. The molecule has 1 fully saturated rings. The maximum Gasteiger partial charge on any atom is 0.231 e. The second kappa shape index (κ2) is 6.80. The van der Waals surface area contributed by atoms with Crippen molar-refractivity contribution < 1.29 is 18.1 Å². The first-order valence-electron chi connectivity index (χ1n) is 9.21. The van der Waals surface area contributed by atoms with Crippen LogP contribution in [0.1, 0.15) is 29.6 Å². The fraction of sp³-hybridized carbons (Fsp3) is 0.190. The summed E-state index contributed by atoms with van der Waals surface area (Å²) in [6, 6.07) is 11.0. The molecule has 1 aliphatic rings. The normalized spacial score (nSPS) is 16.8. The molecule has 2 aromatic carbocycles. The third kappa shape index (κ3) is 3.16. The number of aromatic amines is 1. The average Bonchev–Trinajstić information content (AvgIpc) is 3.43. The van der Waals surface area contributed by atoms with Gasteiger partial charge in [0.1, 0.15) is 11.6 Å². The number of halogens is 2. The molecule has 2 aromatic heterocycles. The third-order valence-electron chi connectivity index (χ3n) is 5.19. The van der Waals surface area contributed by atoms with E-state index < -0.39 is 11.6 Å². The molecule has 0 aliphatic carbocycles. The molecule has 8 heteroatoms. The number of amides is 1. The number of para-hydroxylation sites is 1. The second-order valence-corrected chi connectivity index (χ2v) is 7.08. The minimum atomic E-state index is -0.645. The first-order valence-corrected chi connectivity index (χ1v) is 9.21. The molecule has 0 saturated carbocycles. The third-order valence-corrected chi connectivity index (χ3v) is 5.19. The summed E-state index contributed by atoms with van der Waals surface area (Å²) in [5, 5.41) is 5.10. The molecule has 0 bridgehead atoms. The molecule has 1 amide bonds. The minimum Gasteiger partial charge on any atom is -0.361 e. The van der Waals surface area contributed by atoms with Gasteiger partial charge in [-0.25, -0.2) is 8.78 Å². The summed E-state index contributed by atoms with van der Waals surface area (Å²) >= 11 is 0. The van der Waals surface area contributed by atoms with Crippen LogP contribution >= 0.6 is 0 Å². The summed E-state index contributed by atoms with van der Waals surface area (Å²) in [7, 11) is 0. The zero-order valence-corrected chi connectivity index (χ0v) is 15.2. The van der Waals surface area contributed by atoms with Gasteiger partial charge in [-0.1, -0.05) is 23.4 Å². The van der Waals surface area contributed by atoms with E-state index in [1.807, 2.05) is 30.5 Å². The van der Waals surface area contributed by atoms with E-state index in [9.17, 15) is 13.6 Å². The van der Waals surface area contributed by atoms with Gasteiger partial charge in [-0.3, -0.25) is 4.79 Å². The van der Waals surface area contributed by atoms with E-state index in [2.05, 4.69) is 15.1 Å². The Morgan fingerprint density at radius 2 is 2.07 bits per heavy atom. The van der Waals surface area contributed by atoms with Crippen LogP contribution in [0, 0.1) is 11.6 Å². The second-order valence-electron chi connectivity index (χ2n) is 7.08. The number of hydrogen-bond donors (Lipinski definition) is 1. The van der Waals surface area contributed by atoms with Crippen molar-refractivity contribution in [1.82, 2.24) is 15.1 Å². The monoisotopic (exact) mass is 394 g/mol. The number of carbonyl (C=O) groups excluding carboxylic acids is 1. The Hall–Kier alpha value is -3.55. The maximum absolute atomic E-state index is 14.1. The van der Waals surface area contributed by atoms with Gasteiger partial charge in [0.2, 0.25) is 11.8 Å². The Bertz CT molecular complexity index is 1220. The predicted molar refractivity (Wildman–Crippen MR) is 101 cm³/mol. The summed E-state index contributed by atoms with van der Waals surface area (Å²) in [4.78, 5) is 21.3. The quantitative estimate of drug-likeness (QED) is 0.569. The fourth-order valence-corrected chi connectivity index (χ4v) is 3.75. The lowest BCUT2D eigenvalue weighted by atomic mass is 10.1. The number of carbonyl (C=O) groups is 1. The van der Waals surface area contributed by atoms with Crippen LogP contribution < -0.4 is 4.90 Å². The van der Waals surface area contributed by atoms with Crippen LogP contribution in [0.15, 0.2) is 53.2 Å². The molecule has 5 rings (SSSR count). The van der Waals surface area contributed by atoms with Gasteiger partial charge in [-0.2, -0.15) is 4.98 Å². The van der Waals surface area contributed by atoms with Crippen LogP contribution in [0.2, 0.25) is 0 Å². The van der Waals surface area contributed by atoms with Gasteiger partial charge < -0.3 is 14.4 Å². The predicted octanol–water partition coefficient (Wildman–Crippen LogP) is 3.94. The standard InChI is InChI=1S/C21H16F2N4O2/c22-14-5-6-16(23)18(9-14)27-11-13(8-20(27)28)21-25-19(29-26-21)7-12-10-24-17-4-2-1-3-15(12)17/h1-6,9-10,13,24H,7-8,11H2. The number of anilines is 1. The number of aromatic nitrogens is 3. The highest BCUT2D eigenvalue weighted by molar-refractivity contribution is 5.96. The van der Waals surface area contributed by atoms with Crippen LogP contribution in [0.5, 0.6) is 0 Å². The summed E-state index contributed by atoms with van der Waals surface area (Å²) in [6.45, 7) is 0.172. The van der Waals surface area contributed by atoms with Gasteiger partial charge in [0.25, 0.3) is 0 Å². The smallest absolute Gasteiger partial charge is 0.231 e. The number of benzene rings is 2. The van der Waals surface area contributed by atoms with Gasteiger partial charge in [0, 0.05) is 42.0 Å². The molecule has 146 valence electrons. The lowest BCUT2D eigenvalue weighted by Crippen LogP contribution is -2.25. The molecule has 0 spiro atoms. The van der Waals surface area contributed by atoms with Crippen molar-refractivity contribution in [3.05, 3.63) is 77.6 Å². The van der Waals surface area contributed by atoms with Crippen molar-refractivity contribution in [2.75, 3.05) is 11.4 Å². The Labute approximate surface area is 164 Å². The summed E-state index contributed by atoms with van der Waals surface area (Å²) < 4.78 is 32.9. The largest absolute Gasteiger partial charge is 0.361 e. The molecule has 0 radical (unpaired) electrons. The highest BCUT2D eigenvalue weighted by atomic mass is 19.1. The summed E-state index contributed by atoms with van der Waals surface area (Å²) in [6.07, 6.45) is 2.48. The Kier molecular flexibility index (Phi) is 4.12. The molecule has 1 saturated heterocycles. The molecule has 4 aromatic rings. The number of rotatable bonds is 4. The molecule has 1 atom stereocenters. The van der Waals surface area contributed by atoms with Crippen molar-refractivity contribution >= 4 is 22.5 Å². The molecular weight excluding hydrogens is 378 g/mol. The topological polar surface area (TPSA) is 75.0 Å². The van der Waals surface area contributed by atoms with E-state index in [0.717, 1.165) is 34.7 Å². The number of hydrogen-bond acceptors (Lipinski definition) is 4.